The maximum absolute atomic E-state index is 11.6. The lowest BCUT2D eigenvalue weighted by Crippen LogP contribution is -3.20. The van der Waals surface area contributed by atoms with Crippen molar-refractivity contribution in [1.29, 1.82) is 0 Å². The standard InChI is InChI=1S/C19H27N3O2S/c1-3-13-12-22-8-7-14(13)10-17(22)11-20-19(25)21-16-6-4-5-15(9-16)18(23)24-2/h4-6,9,13-14,17H,3,7-8,10-12H2,1-2H3,(H2,20,21,25)/p+1/t13-,14-,17+/m0/s1. The second-order valence-electron chi connectivity index (χ2n) is 7.17. The van der Waals surface area contributed by atoms with Gasteiger partial charge >= 0.3 is 5.97 Å². The van der Waals surface area contributed by atoms with E-state index in [1.807, 2.05) is 12.1 Å². The first-order chi connectivity index (χ1) is 12.1. The molecule has 136 valence electrons. The van der Waals surface area contributed by atoms with E-state index in [1.165, 1.54) is 39.5 Å². The maximum atomic E-state index is 11.6. The molecule has 0 aliphatic carbocycles. The predicted octanol–water partition coefficient (Wildman–Crippen LogP) is 1.46. The Morgan fingerprint density at radius 3 is 2.96 bits per heavy atom. The van der Waals surface area contributed by atoms with Crippen molar-refractivity contribution < 1.29 is 14.4 Å². The molecule has 3 heterocycles. The largest absolute Gasteiger partial charge is 0.465 e. The molecule has 3 N–H and O–H groups in total. The Labute approximate surface area is 155 Å². The Morgan fingerprint density at radius 2 is 2.28 bits per heavy atom. The van der Waals surface area contributed by atoms with E-state index in [-0.39, 0.29) is 5.97 Å². The number of esters is 1. The molecular weight excluding hydrogens is 334 g/mol. The van der Waals surface area contributed by atoms with E-state index in [1.54, 1.807) is 17.0 Å². The van der Waals surface area contributed by atoms with E-state index in [0.29, 0.717) is 16.7 Å². The van der Waals surface area contributed by atoms with Crippen molar-refractivity contribution in [3.63, 3.8) is 0 Å². The lowest BCUT2D eigenvalue weighted by atomic mass is 9.74. The molecule has 3 saturated heterocycles. The van der Waals surface area contributed by atoms with Crippen LogP contribution in [0.3, 0.4) is 0 Å². The monoisotopic (exact) mass is 362 g/mol. The number of methoxy groups -OCH3 is 1. The van der Waals surface area contributed by atoms with Crippen LogP contribution >= 0.6 is 12.2 Å². The van der Waals surface area contributed by atoms with Crippen molar-refractivity contribution in [2.45, 2.75) is 32.2 Å². The predicted molar refractivity (Wildman–Crippen MR) is 103 cm³/mol. The van der Waals surface area contributed by atoms with Crippen LogP contribution in [0.15, 0.2) is 24.3 Å². The van der Waals surface area contributed by atoms with Crippen LogP contribution in [0.2, 0.25) is 0 Å². The fraction of sp³-hybridized carbons (Fsp3) is 0.579. The Morgan fingerprint density at radius 1 is 1.44 bits per heavy atom. The summed E-state index contributed by atoms with van der Waals surface area (Å²) in [7, 11) is 1.38. The van der Waals surface area contributed by atoms with Gasteiger partial charge in [0.1, 0.15) is 6.04 Å². The molecule has 0 amide bonds. The first-order valence-corrected chi connectivity index (χ1v) is 9.59. The highest BCUT2D eigenvalue weighted by Gasteiger charge is 2.42. The molecule has 4 atom stereocenters. The quantitative estimate of drug-likeness (QED) is 0.547. The number of ether oxygens (including phenoxy) is 1. The highest BCUT2D eigenvalue weighted by atomic mass is 32.1. The molecule has 6 heteroatoms. The summed E-state index contributed by atoms with van der Waals surface area (Å²) in [6.45, 7) is 5.84. The summed E-state index contributed by atoms with van der Waals surface area (Å²) in [5.74, 6) is 1.46. The van der Waals surface area contributed by atoms with Crippen LogP contribution in [0.4, 0.5) is 5.69 Å². The summed E-state index contributed by atoms with van der Waals surface area (Å²) in [6, 6.07) is 7.85. The van der Waals surface area contributed by atoms with Crippen molar-refractivity contribution >= 4 is 29.0 Å². The number of carbonyl (C=O) groups is 1. The van der Waals surface area contributed by atoms with Crippen molar-refractivity contribution in [2.24, 2.45) is 11.8 Å². The van der Waals surface area contributed by atoms with Gasteiger partial charge in [0.15, 0.2) is 5.11 Å². The van der Waals surface area contributed by atoms with Crippen LogP contribution in [-0.2, 0) is 4.74 Å². The highest BCUT2D eigenvalue weighted by molar-refractivity contribution is 7.80. The van der Waals surface area contributed by atoms with E-state index < -0.39 is 0 Å². The van der Waals surface area contributed by atoms with Gasteiger partial charge in [-0.25, -0.2) is 4.79 Å². The minimum Gasteiger partial charge on any atom is -0.465 e. The zero-order valence-electron chi connectivity index (χ0n) is 15.0. The van der Waals surface area contributed by atoms with E-state index in [0.717, 1.165) is 24.1 Å². The second kappa shape index (κ2) is 8.15. The molecule has 3 aliphatic heterocycles. The van der Waals surface area contributed by atoms with E-state index in [4.69, 9.17) is 17.0 Å². The number of piperidine rings is 3. The van der Waals surface area contributed by atoms with Crippen molar-refractivity contribution in [1.82, 2.24) is 5.32 Å². The average molecular weight is 363 g/mol. The van der Waals surface area contributed by atoms with Gasteiger partial charge in [-0.3, -0.25) is 0 Å². The summed E-state index contributed by atoms with van der Waals surface area (Å²) in [5, 5.41) is 7.14. The van der Waals surface area contributed by atoms with E-state index in [2.05, 4.69) is 17.6 Å². The number of rotatable bonds is 5. The molecule has 1 unspecified atom stereocenters. The molecule has 2 bridgehead atoms. The third kappa shape index (κ3) is 4.30. The minimum atomic E-state index is -0.345. The molecule has 4 rings (SSSR count). The molecule has 3 fully saturated rings. The average Bonchev–Trinajstić information content (AvgIpc) is 2.66. The van der Waals surface area contributed by atoms with Crippen molar-refractivity contribution in [3.05, 3.63) is 29.8 Å². The van der Waals surface area contributed by atoms with Crippen LogP contribution in [-0.4, -0.2) is 43.9 Å². The molecule has 1 aromatic carbocycles. The topological polar surface area (TPSA) is 54.8 Å². The Hall–Kier alpha value is -1.66. The number of hydrogen-bond acceptors (Lipinski definition) is 3. The van der Waals surface area contributed by atoms with Gasteiger partial charge in [0.25, 0.3) is 0 Å². The maximum Gasteiger partial charge on any atom is 0.337 e. The summed E-state index contributed by atoms with van der Waals surface area (Å²) in [6.07, 6.45) is 4.00. The fourth-order valence-electron chi connectivity index (χ4n) is 4.36. The number of benzene rings is 1. The number of nitrogens with one attached hydrogen (secondary N) is 3. The van der Waals surface area contributed by atoms with Gasteiger partial charge in [-0.15, -0.1) is 0 Å². The van der Waals surface area contributed by atoms with Gasteiger partial charge in [0.2, 0.25) is 0 Å². The zero-order valence-corrected chi connectivity index (χ0v) is 15.8. The third-order valence-corrected chi connectivity index (χ3v) is 6.01. The molecule has 3 aliphatic rings. The van der Waals surface area contributed by atoms with E-state index in [9.17, 15) is 4.79 Å². The van der Waals surface area contributed by atoms with Crippen LogP contribution in [0.25, 0.3) is 0 Å². The summed E-state index contributed by atoms with van der Waals surface area (Å²) < 4.78 is 4.75. The summed E-state index contributed by atoms with van der Waals surface area (Å²) in [4.78, 5) is 13.3. The smallest absolute Gasteiger partial charge is 0.337 e. The Kier molecular flexibility index (Phi) is 5.91. The van der Waals surface area contributed by atoms with Gasteiger partial charge in [0.05, 0.1) is 32.3 Å². The molecule has 25 heavy (non-hydrogen) atoms. The number of quaternary nitrogens is 1. The number of anilines is 1. The normalized spacial score (nSPS) is 27.6. The summed E-state index contributed by atoms with van der Waals surface area (Å²) in [5.41, 5.74) is 1.31. The van der Waals surface area contributed by atoms with Crippen LogP contribution in [0, 0.1) is 11.8 Å². The SMILES string of the molecule is CC[C@H]1C[NH+]2CC[C@H]1C[C@@H]2CNC(=S)Nc1cccc(C(=O)OC)c1. The number of hydrogen-bond donors (Lipinski definition) is 3. The van der Waals surface area contributed by atoms with Gasteiger partial charge in [0, 0.05) is 24.4 Å². The molecule has 1 aromatic rings. The molecule has 0 aromatic heterocycles. The Balaban J connectivity index is 1.50. The Bertz CT molecular complexity index is 637. The second-order valence-corrected chi connectivity index (χ2v) is 7.58. The third-order valence-electron chi connectivity index (χ3n) is 5.77. The van der Waals surface area contributed by atoms with Crippen LogP contribution in [0.1, 0.15) is 36.5 Å². The van der Waals surface area contributed by atoms with Gasteiger partial charge in [-0.1, -0.05) is 13.0 Å². The lowest BCUT2D eigenvalue weighted by molar-refractivity contribution is -0.945. The first-order valence-electron chi connectivity index (χ1n) is 9.18. The zero-order chi connectivity index (χ0) is 17.8. The van der Waals surface area contributed by atoms with Crippen molar-refractivity contribution in [3.8, 4) is 0 Å². The molecule has 0 saturated carbocycles. The van der Waals surface area contributed by atoms with Gasteiger partial charge in [-0.2, -0.15) is 0 Å². The highest BCUT2D eigenvalue weighted by Crippen LogP contribution is 2.28. The molecule has 0 spiro atoms. The van der Waals surface area contributed by atoms with Crippen molar-refractivity contribution in [2.75, 3.05) is 32.1 Å². The van der Waals surface area contributed by atoms with E-state index >= 15 is 0 Å². The van der Waals surface area contributed by atoms with Crippen LogP contribution in [0.5, 0.6) is 0 Å². The minimum absolute atomic E-state index is 0.345. The molecular formula is C19H28N3O2S+. The van der Waals surface area contributed by atoms with Gasteiger partial charge in [-0.05, 0) is 42.8 Å². The molecule has 0 radical (unpaired) electrons. The number of carbonyl (C=O) groups excluding carboxylic acids is 1. The van der Waals surface area contributed by atoms with Gasteiger partial charge < -0.3 is 20.3 Å². The van der Waals surface area contributed by atoms with Crippen LogP contribution < -0.4 is 15.5 Å². The summed E-state index contributed by atoms with van der Waals surface area (Å²) >= 11 is 5.43. The first kappa shape index (κ1) is 18.1. The molecule has 5 nitrogen and oxygen atoms in total. The lowest BCUT2D eigenvalue weighted by Gasteiger charge is -2.46. The fourth-order valence-corrected chi connectivity index (χ4v) is 4.56. The number of thiocarbonyl (C=S) groups is 1. The number of fused-ring (bicyclic) bond motifs is 3.